The van der Waals surface area contributed by atoms with Gasteiger partial charge in [0, 0.05) is 18.8 Å². The maximum absolute atomic E-state index is 12.6. The maximum Gasteiger partial charge on any atom is 0.259 e. The lowest BCUT2D eigenvalue weighted by Crippen LogP contribution is -2.30. The molecule has 7 heteroatoms. The van der Waals surface area contributed by atoms with Gasteiger partial charge in [-0.1, -0.05) is 32.9 Å². The van der Waals surface area contributed by atoms with Crippen LogP contribution in [-0.2, 0) is 10.0 Å². The SMILES string of the molecule is CCCOc1ccccc1C(=O)Nc1ccc(S(=O)(=O)N(CC)CC)cc1. The van der Waals surface area contributed by atoms with E-state index >= 15 is 0 Å². The van der Waals surface area contributed by atoms with Gasteiger partial charge >= 0.3 is 0 Å². The summed E-state index contributed by atoms with van der Waals surface area (Å²) >= 11 is 0. The Hall–Kier alpha value is -2.38. The molecule has 6 nitrogen and oxygen atoms in total. The summed E-state index contributed by atoms with van der Waals surface area (Å²) in [6.07, 6.45) is 0.846. The Morgan fingerprint density at radius 3 is 2.22 bits per heavy atom. The minimum Gasteiger partial charge on any atom is -0.493 e. The molecule has 0 aromatic heterocycles. The van der Waals surface area contributed by atoms with Gasteiger partial charge < -0.3 is 10.1 Å². The van der Waals surface area contributed by atoms with Gasteiger partial charge in [0.05, 0.1) is 17.1 Å². The summed E-state index contributed by atoms with van der Waals surface area (Å²) in [5.41, 5.74) is 0.953. The summed E-state index contributed by atoms with van der Waals surface area (Å²) in [5, 5.41) is 2.78. The van der Waals surface area contributed by atoms with E-state index < -0.39 is 10.0 Å². The molecule has 1 N–H and O–H groups in total. The number of hydrogen-bond acceptors (Lipinski definition) is 4. The minimum absolute atomic E-state index is 0.205. The van der Waals surface area contributed by atoms with Crippen molar-refractivity contribution < 1.29 is 17.9 Å². The molecule has 0 aliphatic heterocycles. The van der Waals surface area contributed by atoms with Gasteiger partial charge in [-0.25, -0.2) is 8.42 Å². The molecular weight excluding hydrogens is 364 g/mol. The number of nitrogens with one attached hydrogen (secondary N) is 1. The number of para-hydroxylation sites is 1. The largest absolute Gasteiger partial charge is 0.493 e. The summed E-state index contributed by atoms with van der Waals surface area (Å²) < 4.78 is 32.0. The van der Waals surface area contributed by atoms with Gasteiger partial charge in [0.2, 0.25) is 10.0 Å². The fourth-order valence-electron chi connectivity index (χ4n) is 2.61. The van der Waals surface area contributed by atoms with Gasteiger partial charge in [-0.15, -0.1) is 0 Å². The molecule has 2 aromatic carbocycles. The zero-order chi connectivity index (χ0) is 19.9. The van der Waals surface area contributed by atoms with Crippen LogP contribution in [0.4, 0.5) is 5.69 Å². The van der Waals surface area contributed by atoms with Gasteiger partial charge in [-0.05, 0) is 42.8 Å². The van der Waals surface area contributed by atoms with Crippen LogP contribution in [0.25, 0.3) is 0 Å². The predicted octanol–water partition coefficient (Wildman–Crippen LogP) is 3.76. The number of ether oxygens (including phenoxy) is 1. The number of nitrogens with zero attached hydrogens (tertiary/aromatic N) is 1. The zero-order valence-corrected chi connectivity index (χ0v) is 16.8. The van der Waals surface area contributed by atoms with Crippen molar-refractivity contribution in [3.8, 4) is 5.75 Å². The van der Waals surface area contributed by atoms with E-state index in [9.17, 15) is 13.2 Å². The van der Waals surface area contributed by atoms with Gasteiger partial charge in [0.1, 0.15) is 5.75 Å². The van der Waals surface area contributed by atoms with E-state index in [1.807, 2.05) is 13.0 Å². The first kappa shape index (κ1) is 20.9. The van der Waals surface area contributed by atoms with Crippen molar-refractivity contribution in [3.63, 3.8) is 0 Å². The number of amides is 1. The number of sulfonamides is 1. The maximum atomic E-state index is 12.6. The van der Waals surface area contributed by atoms with Crippen molar-refractivity contribution in [3.05, 3.63) is 54.1 Å². The zero-order valence-electron chi connectivity index (χ0n) is 15.9. The number of benzene rings is 2. The fourth-order valence-corrected chi connectivity index (χ4v) is 4.07. The first-order valence-electron chi connectivity index (χ1n) is 9.07. The van der Waals surface area contributed by atoms with E-state index in [2.05, 4.69) is 5.32 Å². The van der Waals surface area contributed by atoms with E-state index in [1.54, 1.807) is 44.2 Å². The van der Waals surface area contributed by atoms with Gasteiger partial charge in [0.25, 0.3) is 5.91 Å². The summed E-state index contributed by atoms with van der Waals surface area (Å²) in [6.45, 7) is 6.94. The van der Waals surface area contributed by atoms with Crippen molar-refractivity contribution in [1.29, 1.82) is 0 Å². The van der Waals surface area contributed by atoms with Crippen molar-refractivity contribution in [1.82, 2.24) is 4.31 Å². The molecule has 0 saturated heterocycles. The molecule has 2 aromatic rings. The molecule has 0 saturated carbocycles. The molecule has 0 aliphatic rings. The van der Waals surface area contributed by atoms with Gasteiger partial charge in [-0.3, -0.25) is 4.79 Å². The van der Waals surface area contributed by atoms with Gasteiger partial charge in [0.15, 0.2) is 0 Å². The van der Waals surface area contributed by atoms with Crippen LogP contribution in [0.3, 0.4) is 0 Å². The van der Waals surface area contributed by atoms with Crippen molar-refractivity contribution in [2.24, 2.45) is 0 Å². The molecular formula is C20H26N2O4S. The molecule has 2 rings (SSSR count). The monoisotopic (exact) mass is 390 g/mol. The standard InChI is InChI=1S/C20H26N2O4S/c1-4-15-26-19-10-8-7-9-18(19)20(23)21-16-11-13-17(14-12-16)27(24,25)22(5-2)6-3/h7-14H,4-6,15H2,1-3H3,(H,21,23). The Balaban J connectivity index is 2.17. The molecule has 0 spiro atoms. The van der Waals surface area contributed by atoms with Crippen LogP contribution in [0.2, 0.25) is 0 Å². The highest BCUT2D eigenvalue weighted by molar-refractivity contribution is 7.89. The van der Waals surface area contributed by atoms with Crippen LogP contribution >= 0.6 is 0 Å². The van der Waals surface area contributed by atoms with Crippen molar-refractivity contribution >= 4 is 21.6 Å². The van der Waals surface area contributed by atoms with E-state index in [1.165, 1.54) is 16.4 Å². The second-order valence-electron chi connectivity index (χ2n) is 5.91. The Kier molecular flexibility index (Phi) is 7.38. The number of carbonyl (C=O) groups excluding carboxylic acids is 1. The summed E-state index contributed by atoms with van der Waals surface area (Å²) in [4.78, 5) is 12.8. The summed E-state index contributed by atoms with van der Waals surface area (Å²) in [5.74, 6) is 0.221. The highest BCUT2D eigenvalue weighted by Crippen LogP contribution is 2.22. The Labute approximate surface area is 161 Å². The van der Waals surface area contributed by atoms with Gasteiger partial charge in [-0.2, -0.15) is 4.31 Å². The van der Waals surface area contributed by atoms with E-state index in [4.69, 9.17) is 4.74 Å². The molecule has 1 amide bonds. The fraction of sp³-hybridized carbons (Fsp3) is 0.350. The average molecular weight is 391 g/mol. The smallest absolute Gasteiger partial charge is 0.259 e. The van der Waals surface area contributed by atoms with Crippen LogP contribution < -0.4 is 10.1 Å². The van der Waals surface area contributed by atoms with Crippen LogP contribution in [0.15, 0.2) is 53.4 Å². The molecule has 0 aliphatic carbocycles. The molecule has 0 bridgehead atoms. The highest BCUT2D eigenvalue weighted by atomic mass is 32.2. The van der Waals surface area contributed by atoms with Crippen molar-refractivity contribution in [2.75, 3.05) is 25.0 Å². The molecule has 0 radical (unpaired) electrons. The van der Waals surface area contributed by atoms with Crippen LogP contribution in [-0.4, -0.2) is 38.3 Å². The average Bonchev–Trinajstić information content (AvgIpc) is 2.67. The third kappa shape index (κ3) is 5.08. The highest BCUT2D eigenvalue weighted by Gasteiger charge is 2.21. The number of carbonyl (C=O) groups is 1. The third-order valence-electron chi connectivity index (χ3n) is 4.05. The second kappa shape index (κ2) is 9.53. The molecule has 27 heavy (non-hydrogen) atoms. The van der Waals surface area contributed by atoms with E-state index in [0.717, 1.165) is 6.42 Å². The van der Waals surface area contributed by atoms with Crippen molar-refractivity contribution in [2.45, 2.75) is 32.1 Å². The first-order valence-corrected chi connectivity index (χ1v) is 10.5. The normalized spacial score (nSPS) is 11.4. The number of hydrogen-bond donors (Lipinski definition) is 1. The number of rotatable bonds is 9. The summed E-state index contributed by atoms with van der Waals surface area (Å²) in [6, 6.07) is 13.2. The predicted molar refractivity (Wildman–Crippen MR) is 107 cm³/mol. The molecule has 0 atom stereocenters. The lowest BCUT2D eigenvalue weighted by Gasteiger charge is -2.18. The lowest BCUT2D eigenvalue weighted by atomic mass is 10.2. The van der Waals surface area contributed by atoms with Crippen LogP contribution in [0, 0.1) is 0 Å². The second-order valence-corrected chi connectivity index (χ2v) is 7.85. The third-order valence-corrected chi connectivity index (χ3v) is 6.11. The Morgan fingerprint density at radius 1 is 1.00 bits per heavy atom. The van der Waals surface area contributed by atoms with Crippen LogP contribution in [0.5, 0.6) is 5.75 Å². The Bertz CT molecular complexity index is 860. The topological polar surface area (TPSA) is 75.7 Å². The van der Waals surface area contributed by atoms with E-state index in [0.29, 0.717) is 36.7 Å². The number of anilines is 1. The van der Waals surface area contributed by atoms with E-state index in [-0.39, 0.29) is 10.8 Å². The minimum atomic E-state index is -3.51. The molecule has 0 unspecified atom stereocenters. The molecule has 146 valence electrons. The Morgan fingerprint density at radius 2 is 1.63 bits per heavy atom. The first-order chi connectivity index (χ1) is 12.9. The summed E-state index contributed by atoms with van der Waals surface area (Å²) in [7, 11) is -3.51. The quantitative estimate of drug-likeness (QED) is 0.707. The molecule has 0 fully saturated rings. The lowest BCUT2D eigenvalue weighted by molar-refractivity contribution is 0.102. The van der Waals surface area contributed by atoms with Crippen LogP contribution in [0.1, 0.15) is 37.6 Å². The molecule has 0 heterocycles.